The van der Waals surface area contributed by atoms with Gasteiger partial charge in [0.2, 0.25) is 0 Å². The van der Waals surface area contributed by atoms with Gasteiger partial charge in [0, 0.05) is 0 Å². The summed E-state index contributed by atoms with van der Waals surface area (Å²) < 4.78 is 5.73. The van der Waals surface area contributed by atoms with Crippen LogP contribution >= 0.6 is 11.6 Å². The van der Waals surface area contributed by atoms with Crippen LogP contribution in [0, 0.1) is 6.92 Å². The maximum Gasteiger partial charge on any atom is 0.163 e. The molecule has 2 aromatic rings. The molecule has 0 aliphatic carbocycles. The van der Waals surface area contributed by atoms with E-state index in [9.17, 15) is 4.79 Å². The number of hydrogen-bond acceptors (Lipinski definition) is 2. The Balaban J connectivity index is 2.40. The molecule has 0 saturated carbocycles. The maximum atomic E-state index is 11.5. The first-order valence-electron chi connectivity index (χ1n) is 5.62. The number of rotatable bonds is 3. The van der Waals surface area contributed by atoms with E-state index in [0.29, 0.717) is 22.1 Å². The first kappa shape index (κ1) is 12.7. The Bertz CT molecular complexity index is 591. The van der Waals surface area contributed by atoms with E-state index in [4.69, 9.17) is 16.3 Å². The molecular weight excluding hydrogens is 248 g/mol. The average molecular weight is 261 g/mol. The smallest absolute Gasteiger partial charge is 0.163 e. The van der Waals surface area contributed by atoms with Gasteiger partial charge in [-0.25, -0.2) is 0 Å². The van der Waals surface area contributed by atoms with Crippen LogP contribution in [0.25, 0.3) is 0 Å². The Hall–Kier alpha value is -1.80. The topological polar surface area (TPSA) is 26.3 Å². The van der Waals surface area contributed by atoms with Crippen LogP contribution in [0.5, 0.6) is 11.5 Å². The molecule has 0 N–H and O–H groups in total. The number of benzene rings is 2. The van der Waals surface area contributed by atoms with E-state index in [-0.39, 0.29) is 5.78 Å². The minimum Gasteiger partial charge on any atom is -0.455 e. The number of halogens is 1. The van der Waals surface area contributed by atoms with Gasteiger partial charge in [-0.15, -0.1) is 0 Å². The molecule has 0 saturated heterocycles. The Kier molecular flexibility index (Phi) is 3.68. The predicted octanol–water partition coefficient (Wildman–Crippen LogP) is 4.64. The van der Waals surface area contributed by atoms with Gasteiger partial charge in [-0.1, -0.05) is 29.8 Å². The van der Waals surface area contributed by atoms with Gasteiger partial charge in [0.05, 0.1) is 10.6 Å². The molecule has 0 spiro atoms. The minimum atomic E-state index is -0.0330. The van der Waals surface area contributed by atoms with Crippen molar-refractivity contribution in [2.45, 2.75) is 13.8 Å². The lowest BCUT2D eigenvalue weighted by atomic mass is 10.1. The monoisotopic (exact) mass is 260 g/mol. The fourth-order valence-electron chi connectivity index (χ4n) is 1.65. The summed E-state index contributed by atoms with van der Waals surface area (Å²) in [6.45, 7) is 3.47. The number of ketones is 1. The molecule has 0 bridgehead atoms. The Morgan fingerprint density at radius 2 is 1.83 bits per heavy atom. The quantitative estimate of drug-likeness (QED) is 0.752. The number of ether oxygens (including phenoxy) is 1. The minimum absolute atomic E-state index is 0.0330. The first-order valence-corrected chi connectivity index (χ1v) is 5.99. The van der Waals surface area contributed by atoms with Crippen LogP contribution in [0.4, 0.5) is 0 Å². The fraction of sp³-hybridized carbons (Fsp3) is 0.133. The molecule has 0 atom stereocenters. The molecule has 0 fully saturated rings. The van der Waals surface area contributed by atoms with Crippen LogP contribution < -0.4 is 4.74 Å². The average Bonchev–Trinajstić information content (AvgIpc) is 2.34. The van der Waals surface area contributed by atoms with Gasteiger partial charge in [0.25, 0.3) is 0 Å². The first-order chi connectivity index (χ1) is 8.58. The third-order valence-electron chi connectivity index (χ3n) is 2.57. The number of carbonyl (C=O) groups excluding carboxylic acids is 1. The van der Waals surface area contributed by atoms with Crippen LogP contribution in [0.1, 0.15) is 22.8 Å². The van der Waals surface area contributed by atoms with Crippen LogP contribution in [0.15, 0.2) is 42.5 Å². The van der Waals surface area contributed by atoms with Crippen molar-refractivity contribution in [3.63, 3.8) is 0 Å². The largest absolute Gasteiger partial charge is 0.455 e. The van der Waals surface area contributed by atoms with Crippen molar-refractivity contribution in [1.82, 2.24) is 0 Å². The van der Waals surface area contributed by atoms with E-state index >= 15 is 0 Å². The third-order valence-corrected chi connectivity index (χ3v) is 2.89. The lowest BCUT2D eigenvalue weighted by Gasteiger charge is -2.11. The molecular formula is C15H13ClO2. The van der Waals surface area contributed by atoms with E-state index in [1.807, 2.05) is 25.1 Å². The number of carbonyl (C=O) groups is 1. The van der Waals surface area contributed by atoms with Crippen molar-refractivity contribution >= 4 is 17.4 Å². The van der Waals surface area contributed by atoms with Crippen molar-refractivity contribution in [3.8, 4) is 11.5 Å². The molecule has 0 aromatic heterocycles. The summed E-state index contributed by atoms with van der Waals surface area (Å²) in [4.78, 5) is 11.5. The zero-order chi connectivity index (χ0) is 13.1. The Morgan fingerprint density at radius 3 is 2.56 bits per heavy atom. The van der Waals surface area contributed by atoms with E-state index in [1.54, 1.807) is 24.3 Å². The van der Waals surface area contributed by atoms with Crippen LogP contribution in [0.3, 0.4) is 0 Å². The van der Waals surface area contributed by atoms with E-state index in [0.717, 1.165) is 5.56 Å². The van der Waals surface area contributed by atoms with E-state index in [2.05, 4.69) is 0 Å². The summed E-state index contributed by atoms with van der Waals surface area (Å²) in [5.74, 6) is 1.05. The molecule has 2 nitrogen and oxygen atoms in total. The van der Waals surface area contributed by atoms with Gasteiger partial charge in [0.1, 0.15) is 11.5 Å². The third kappa shape index (κ3) is 2.71. The highest BCUT2D eigenvalue weighted by Gasteiger charge is 2.10. The second-order valence-electron chi connectivity index (χ2n) is 4.09. The van der Waals surface area contributed by atoms with Gasteiger partial charge >= 0.3 is 0 Å². The van der Waals surface area contributed by atoms with Gasteiger partial charge in [-0.2, -0.15) is 0 Å². The molecule has 18 heavy (non-hydrogen) atoms. The Labute approximate surface area is 111 Å². The lowest BCUT2D eigenvalue weighted by molar-refractivity contribution is 0.101. The molecule has 0 heterocycles. The van der Waals surface area contributed by atoms with E-state index in [1.165, 1.54) is 6.92 Å². The summed E-state index contributed by atoms with van der Waals surface area (Å²) in [6, 6.07) is 12.7. The fourth-order valence-corrected chi connectivity index (χ4v) is 1.81. The van der Waals surface area contributed by atoms with Crippen molar-refractivity contribution in [3.05, 3.63) is 58.6 Å². The molecule has 0 radical (unpaired) electrons. The highest BCUT2D eigenvalue weighted by Crippen LogP contribution is 2.32. The van der Waals surface area contributed by atoms with Gasteiger partial charge < -0.3 is 4.74 Å². The molecule has 0 aliphatic rings. The molecule has 0 aliphatic heterocycles. The van der Waals surface area contributed by atoms with Crippen molar-refractivity contribution < 1.29 is 9.53 Å². The number of Topliss-reactive ketones (excluding diaryl/α,β-unsaturated/α-hetero) is 1. The van der Waals surface area contributed by atoms with Crippen LogP contribution in [-0.2, 0) is 0 Å². The Morgan fingerprint density at radius 1 is 1.11 bits per heavy atom. The summed E-state index contributed by atoms with van der Waals surface area (Å²) >= 11 is 6.07. The highest BCUT2D eigenvalue weighted by atomic mass is 35.5. The van der Waals surface area contributed by atoms with Gasteiger partial charge in [-0.05, 0) is 43.7 Å². The molecule has 3 heteroatoms. The normalized spacial score (nSPS) is 10.2. The molecule has 2 rings (SSSR count). The zero-order valence-electron chi connectivity index (χ0n) is 10.2. The lowest BCUT2D eigenvalue weighted by Crippen LogP contribution is -1.97. The second-order valence-corrected chi connectivity index (χ2v) is 4.50. The molecule has 0 unspecified atom stereocenters. The van der Waals surface area contributed by atoms with Gasteiger partial charge in [0.15, 0.2) is 5.78 Å². The molecule has 0 amide bonds. The maximum absolute atomic E-state index is 11.5. The van der Waals surface area contributed by atoms with E-state index < -0.39 is 0 Å². The van der Waals surface area contributed by atoms with Crippen molar-refractivity contribution in [1.29, 1.82) is 0 Å². The standard InChI is InChI=1S/C15H13ClO2/c1-10-7-8-13(16)15(9-10)18-14-6-4-3-5-12(14)11(2)17/h3-9H,1-2H3. The summed E-state index contributed by atoms with van der Waals surface area (Å²) in [5, 5.41) is 0.527. The SMILES string of the molecule is CC(=O)c1ccccc1Oc1cc(C)ccc1Cl. The van der Waals surface area contributed by atoms with Crippen molar-refractivity contribution in [2.75, 3.05) is 0 Å². The van der Waals surface area contributed by atoms with Crippen LogP contribution in [0.2, 0.25) is 5.02 Å². The number of aryl methyl sites for hydroxylation is 1. The molecule has 92 valence electrons. The molecule has 2 aromatic carbocycles. The summed E-state index contributed by atoms with van der Waals surface area (Å²) in [5.41, 5.74) is 1.60. The number of para-hydroxylation sites is 1. The second kappa shape index (κ2) is 5.23. The summed E-state index contributed by atoms with van der Waals surface area (Å²) in [6.07, 6.45) is 0. The zero-order valence-corrected chi connectivity index (χ0v) is 11.0. The highest BCUT2D eigenvalue weighted by molar-refractivity contribution is 6.32. The van der Waals surface area contributed by atoms with Crippen LogP contribution in [-0.4, -0.2) is 5.78 Å². The van der Waals surface area contributed by atoms with Crippen molar-refractivity contribution in [2.24, 2.45) is 0 Å². The number of hydrogen-bond donors (Lipinski definition) is 0. The summed E-state index contributed by atoms with van der Waals surface area (Å²) in [7, 11) is 0. The predicted molar refractivity (Wildman–Crippen MR) is 72.7 cm³/mol. The van der Waals surface area contributed by atoms with Gasteiger partial charge in [-0.3, -0.25) is 4.79 Å².